The van der Waals surface area contributed by atoms with Crippen LogP contribution in [0.3, 0.4) is 0 Å². The Labute approximate surface area is 163 Å². The summed E-state index contributed by atoms with van der Waals surface area (Å²) in [6.45, 7) is 1.82. The number of para-hydroxylation sites is 1. The van der Waals surface area contributed by atoms with Crippen molar-refractivity contribution in [1.29, 1.82) is 0 Å². The Morgan fingerprint density at radius 1 is 1.14 bits per heavy atom. The number of nitro benzene ring substituents is 1. The van der Waals surface area contributed by atoms with E-state index in [2.05, 4.69) is 10.4 Å². The molecule has 29 heavy (non-hydrogen) atoms. The van der Waals surface area contributed by atoms with Crippen molar-refractivity contribution in [2.45, 2.75) is 6.92 Å². The van der Waals surface area contributed by atoms with Crippen molar-refractivity contribution in [1.82, 2.24) is 9.78 Å². The van der Waals surface area contributed by atoms with E-state index >= 15 is 0 Å². The molecule has 2 aromatic carbocycles. The summed E-state index contributed by atoms with van der Waals surface area (Å²) in [5.41, 5.74) is -0.223. The minimum atomic E-state index is -0.834. The molecule has 0 radical (unpaired) electrons. The molecule has 11 heteroatoms. The normalized spacial score (nSPS) is 10.4. The molecule has 0 aliphatic carbocycles. The van der Waals surface area contributed by atoms with Crippen molar-refractivity contribution in [2.75, 3.05) is 5.32 Å². The molecule has 0 aliphatic rings. The minimum absolute atomic E-state index is 0.0447. The van der Waals surface area contributed by atoms with Gasteiger partial charge in [-0.25, -0.2) is 0 Å². The van der Waals surface area contributed by atoms with Gasteiger partial charge in [0.25, 0.3) is 11.6 Å². The third kappa shape index (κ3) is 4.18. The summed E-state index contributed by atoms with van der Waals surface area (Å²) in [7, 11) is 1.38. The Bertz CT molecular complexity index is 1120. The third-order valence-electron chi connectivity index (χ3n) is 4.01. The number of carbonyl (C=O) groups is 1. The highest BCUT2D eigenvalue weighted by Gasteiger charge is 2.26. The van der Waals surface area contributed by atoms with Crippen LogP contribution >= 0.6 is 0 Å². The first-order chi connectivity index (χ1) is 13.8. The number of nitro groups is 2. The van der Waals surface area contributed by atoms with Gasteiger partial charge in [0.1, 0.15) is 17.7 Å². The summed E-state index contributed by atoms with van der Waals surface area (Å²) in [4.78, 5) is 33.5. The van der Waals surface area contributed by atoms with Crippen molar-refractivity contribution in [3.8, 4) is 11.5 Å². The van der Waals surface area contributed by atoms with E-state index in [0.29, 0.717) is 5.75 Å². The van der Waals surface area contributed by atoms with Crippen molar-refractivity contribution in [2.24, 2.45) is 7.05 Å². The van der Waals surface area contributed by atoms with Gasteiger partial charge < -0.3 is 10.1 Å². The zero-order chi connectivity index (χ0) is 21.1. The van der Waals surface area contributed by atoms with E-state index in [0.717, 1.165) is 22.5 Å². The number of amides is 1. The molecule has 0 bridgehead atoms. The van der Waals surface area contributed by atoms with Crippen LogP contribution in [0.2, 0.25) is 0 Å². The fraction of sp³-hybridized carbons (Fsp3) is 0.111. The second-order valence-electron chi connectivity index (χ2n) is 6.05. The van der Waals surface area contributed by atoms with Gasteiger partial charge in [-0.05, 0) is 18.6 Å². The van der Waals surface area contributed by atoms with E-state index in [1.54, 1.807) is 12.1 Å². The maximum absolute atomic E-state index is 12.5. The number of benzene rings is 2. The smallest absolute Gasteiger partial charge is 0.320 e. The second-order valence-corrected chi connectivity index (χ2v) is 6.05. The largest absolute Gasteiger partial charge is 0.457 e. The highest BCUT2D eigenvalue weighted by molar-refractivity contribution is 6.06. The van der Waals surface area contributed by atoms with Gasteiger partial charge in [0, 0.05) is 19.2 Å². The van der Waals surface area contributed by atoms with Crippen LogP contribution in [0, 0.1) is 27.2 Å². The van der Waals surface area contributed by atoms with Crippen LogP contribution in [-0.2, 0) is 7.05 Å². The van der Waals surface area contributed by atoms with Gasteiger partial charge in [0.2, 0.25) is 5.69 Å². The monoisotopic (exact) mass is 397 g/mol. The molecule has 11 nitrogen and oxygen atoms in total. The number of non-ortho nitro benzene ring substituents is 1. The molecule has 3 aromatic rings. The van der Waals surface area contributed by atoms with Gasteiger partial charge in [-0.1, -0.05) is 18.2 Å². The summed E-state index contributed by atoms with van der Waals surface area (Å²) in [6.07, 6.45) is 0.953. The van der Waals surface area contributed by atoms with E-state index < -0.39 is 21.4 Å². The standard InChI is InChI=1S/C18H15N5O6/c1-11-5-3-4-6-16(11)29-14-8-12(7-13(9-14)22(25)26)20-18(24)17-15(23(27)28)10-19-21(17)2/h3-10H,1-2H3,(H,20,24). The van der Waals surface area contributed by atoms with Crippen LogP contribution < -0.4 is 10.1 Å². The van der Waals surface area contributed by atoms with Crippen LogP contribution in [0.15, 0.2) is 48.7 Å². The molecule has 1 heterocycles. The Morgan fingerprint density at radius 2 is 1.86 bits per heavy atom. The van der Waals surface area contributed by atoms with Gasteiger partial charge in [0.15, 0.2) is 0 Å². The van der Waals surface area contributed by atoms with Crippen LogP contribution in [-0.4, -0.2) is 25.5 Å². The molecule has 1 amide bonds. The van der Waals surface area contributed by atoms with Crippen LogP contribution in [0.5, 0.6) is 11.5 Å². The van der Waals surface area contributed by atoms with Crippen molar-refractivity contribution in [3.05, 3.63) is 80.1 Å². The maximum Gasteiger partial charge on any atom is 0.320 e. The molecule has 0 fully saturated rings. The first kappa shape index (κ1) is 19.5. The molecule has 1 aromatic heterocycles. The lowest BCUT2D eigenvalue weighted by Gasteiger charge is -2.11. The van der Waals surface area contributed by atoms with E-state index in [1.807, 2.05) is 19.1 Å². The third-order valence-corrected chi connectivity index (χ3v) is 4.01. The van der Waals surface area contributed by atoms with Gasteiger partial charge in [0.05, 0.1) is 21.6 Å². The second kappa shape index (κ2) is 7.76. The lowest BCUT2D eigenvalue weighted by Crippen LogP contribution is -2.17. The van der Waals surface area contributed by atoms with Gasteiger partial charge >= 0.3 is 5.69 Å². The minimum Gasteiger partial charge on any atom is -0.457 e. The molecule has 0 unspecified atom stereocenters. The van der Waals surface area contributed by atoms with Crippen molar-refractivity contribution in [3.63, 3.8) is 0 Å². The number of hydrogen-bond donors (Lipinski definition) is 1. The summed E-state index contributed by atoms with van der Waals surface area (Å²) in [5, 5.41) is 28.5. The Hall–Kier alpha value is -4.28. The number of nitrogens with zero attached hydrogens (tertiary/aromatic N) is 4. The average Bonchev–Trinajstić information content (AvgIpc) is 3.05. The van der Waals surface area contributed by atoms with E-state index in [9.17, 15) is 25.0 Å². The molecular formula is C18H15N5O6. The fourth-order valence-corrected chi connectivity index (χ4v) is 2.63. The van der Waals surface area contributed by atoms with Crippen LogP contribution in [0.4, 0.5) is 17.1 Å². The quantitative estimate of drug-likeness (QED) is 0.494. The average molecular weight is 397 g/mol. The highest BCUT2D eigenvalue weighted by atomic mass is 16.6. The number of hydrogen-bond acceptors (Lipinski definition) is 7. The number of nitrogens with one attached hydrogen (secondary N) is 1. The SMILES string of the molecule is Cc1ccccc1Oc1cc(NC(=O)c2c([N+](=O)[O-])cnn2C)cc([N+](=O)[O-])c1. The molecule has 0 spiro atoms. The number of rotatable bonds is 6. The molecule has 0 atom stereocenters. The molecule has 3 rings (SSSR count). The number of aromatic nitrogens is 2. The molecule has 0 saturated carbocycles. The summed E-state index contributed by atoms with van der Waals surface area (Å²) < 4.78 is 6.77. The van der Waals surface area contributed by atoms with Gasteiger partial charge in [-0.3, -0.25) is 29.7 Å². The fourth-order valence-electron chi connectivity index (χ4n) is 2.63. The summed E-state index contributed by atoms with van der Waals surface area (Å²) in [5.74, 6) is -0.213. The van der Waals surface area contributed by atoms with Crippen LogP contribution in [0.25, 0.3) is 0 Å². The molecule has 1 N–H and O–H groups in total. The lowest BCUT2D eigenvalue weighted by molar-refractivity contribution is -0.385. The number of ether oxygens (including phenoxy) is 1. The molecule has 148 valence electrons. The van der Waals surface area contributed by atoms with E-state index in [1.165, 1.54) is 19.2 Å². The first-order valence-electron chi connectivity index (χ1n) is 8.27. The zero-order valence-electron chi connectivity index (χ0n) is 15.4. The molecule has 0 aliphatic heterocycles. The lowest BCUT2D eigenvalue weighted by atomic mass is 10.2. The molecule has 0 saturated heterocycles. The number of anilines is 1. The predicted octanol–water partition coefficient (Wildman–Crippen LogP) is 3.59. The Balaban J connectivity index is 1.95. The number of aryl methyl sites for hydroxylation is 2. The van der Waals surface area contributed by atoms with Crippen molar-refractivity contribution >= 4 is 23.0 Å². The first-order valence-corrected chi connectivity index (χ1v) is 8.27. The van der Waals surface area contributed by atoms with Gasteiger partial charge in [-0.2, -0.15) is 5.10 Å². The Morgan fingerprint density at radius 3 is 2.52 bits per heavy atom. The maximum atomic E-state index is 12.5. The number of carbonyl (C=O) groups excluding carboxylic acids is 1. The van der Waals surface area contributed by atoms with E-state index in [-0.39, 0.29) is 22.8 Å². The zero-order valence-corrected chi connectivity index (χ0v) is 15.4. The topological polar surface area (TPSA) is 142 Å². The van der Waals surface area contributed by atoms with Gasteiger partial charge in [-0.15, -0.1) is 0 Å². The highest BCUT2D eigenvalue weighted by Crippen LogP contribution is 2.31. The Kier molecular flexibility index (Phi) is 5.21. The molecular weight excluding hydrogens is 382 g/mol. The van der Waals surface area contributed by atoms with Crippen molar-refractivity contribution < 1.29 is 19.4 Å². The summed E-state index contributed by atoms with van der Waals surface area (Å²) >= 11 is 0. The predicted molar refractivity (Wildman–Crippen MR) is 102 cm³/mol. The van der Waals surface area contributed by atoms with E-state index in [4.69, 9.17) is 4.74 Å². The van der Waals surface area contributed by atoms with Crippen LogP contribution in [0.1, 0.15) is 16.1 Å². The summed E-state index contributed by atoms with van der Waals surface area (Å²) in [6, 6.07) is 10.8.